The van der Waals surface area contributed by atoms with Crippen LogP contribution in [0.4, 0.5) is 0 Å². The number of hydrogen-bond acceptors (Lipinski definition) is 5. The highest BCUT2D eigenvalue weighted by atomic mass is 16.5. The summed E-state index contributed by atoms with van der Waals surface area (Å²) in [5, 5.41) is 10.5. The van der Waals surface area contributed by atoms with Gasteiger partial charge in [0.15, 0.2) is 0 Å². The number of carbonyl (C=O) groups is 1. The van der Waals surface area contributed by atoms with Gasteiger partial charge in [-0.05, 0) is 37.7 Å². The maximum absolute atomic E-state index is 12.1. The van der Waals surface area contributed by atoms with Crippen LogP contribution in [-0.4, -0.2) is 59.4 Å². The molecule has 2 heterocycles. The third-order valence-electron chi connectivity index (χ3n) is 5.40. The molecule has 124 valence electrons. The van der Waals surface area contributed by atoms with Gasteiger partial charge in [0.2, 0.25) is 0 Å². The van der Waals surface area contributed by atoms with Gasteiger partial charge in [-0.3, -0.25) is 9.69 Å². The van der Waals surface area contributed by atoms with Crippen molar-refractivity contribution in [1.29, 1.82) is 0 Å². The summed E-state index contributed by atoms with van der Waals surface area (Å²) in [6.45, 7) is 3.82. The fourth-order valence-electron chi connectivity index (χ4n) is 3.96. The zero-order chi connectivity index (χ0) is 15.6. The number of ether oxygens (including phenoxy) is 1. The molecule has 1 aromatic rings. The number of hydrogen-bond donors (Lipinski definition) is 1. The first kappa shape index (κ1) is 15.0. The molecule has 3 atom stereocenters. The molecule has 2 saturated carbocycles. The molecule has 1 saturated heterocycles. The van der Waals surface area contributed by atoms with E-state index in [1.165, 1.54) is 32.0 Å². The second-order valence-electron chi connectivity index (χ2n) is 7.02. The molecular weight excluding hydrogens is 292 g/mol. The number of carbonyl (C=O) groups excluding carboxylic acids is 1. The smallest absolute Gasteiger partial charge is 0.252 e. The number of aromatic nitrogens is 2. The van der Waals surface area contributed by atoms with Crippen LogP contribution in [0.2, 0.25) is 0 Å². The largest absolute Gasteiger partial charge is 0.375 e. The molecule has 0 spiro atoms. The molecule has 6 heteroatoms. The van der Waals surface area contributed by atoms with Crippen LogP contribution < -0.4 is 5.32 Å². The van der Waals surface area contributed by atoms with Gasteiger partial charge >= 0.3 is 0 Å². The minimum atomic E-state index is -0.0750. The summed E-state index contributed by atoms with van der Waals surface area (Å²) >= 11 is 0. The first-order chi connectivity index (χ1) is 11.3. The maximum Gasteiger partial charge on any atom is 0.252 e. The van der Waals surface area contributed by atoms with Crippen molar-refractivity contribution in [2.45, 2.75) is 37.8 Å². The molecular formula is C17H24N4O2. The van der Waals surface area contributed by atoms with Gasteiger partial charge < -0.3 is 10.1 Å². The molecule has 3 fully saturated rings. The lowest BCUT2D eigenvalue weighted by molar-refractivity contribution is -0.0739. The second-order valence-corrected chi connectivity index (χ2v) is 7.02. The first-order valence-corrected chi connectivity index (χ1v) is 8.72. The average Bonchev–Trinajstić information content (AvgIpc) is 3.31. The molecule has 1 aromatic heterocycles. The van der Waals surface area contributed by atoms with Gasteiger partial charge in [-0.15, -0.1) is 0 Å². The van der Waals surface area contributed by atoms with Crippen LogP contribution in [0.1, 0.15) is 36.0 Å². The molecule has 1 aliphatic heterocycles. The molecule has 0 bridgehead atoms. The van der Waals surface area contributed by atoms with E-state index < -0.39 is 0 Å². The van der Waals surface area contributed by atoms with Crippen molar-refractivity contribution in [2.75, 3.05) is 26.2 Å². The van der Waals surface area contributed by atoms with Gasteiger partial charge in [0.1, 0.15) is 0 Å². The summed E-state index contributed by atoms with van der Waals surface area (Å²) < 4.78 is 6.07. The van der Waals surface area contributed by atoms with E-state index in [0.29, 0.717) is 24.1 Å². The Morgan fingerprint density at radius 2 is 2.22 bits per heavy atom. The summed E-state index contributed by atoms with van der Waals surface area (Å²) in [7, 11) is 0. The third kappa shape index (κ3) is 3.38. The Hall–Kier alpha value is -1.53. The number of amides is 1. The van der Waals surface area contributed by atoms with Gasteiger partial charge in [-0.2, -0.15) is 10.2 Å². The van der Waals surface area contributed by atoms with Crippen molar-refractivity contribution in [1.82, 2.24) is 20.4 Å². The second kappa shape index (κ2) is 6.53. The van der Waals surface area contributed by atoms with E-state index in [-0.39, 0.29) is 12.0 Å². The van der Waals surface area contributed by atoms with E-state index in [4.69, 9.17) is 4.74 Å². The lowest BCUT2D eigenvalue weighted by atomic mass is 10.0. The Balaban J connectivity index is 1.32. The molecule has 1 amide bonds. The van der Waals surface area contributed by atoms with Crippen LogP contribution in [0, 0.1) is 11.8 Å². The molecule has 0 radical (unpaired) electrons. The Kier molecular flexibility index (Phi) is 4.27. The zero-order valence-corrected chi connectivity index (χ0v) is 13.4. The van der Waals surface area contributed by atoms with E-state index in [0.717, 1.165) is 25.5 Å². The van der Waals surface area contributed by atoms with Crippen LogP contribution >= 0.6 is 0 Å². The summed E-state index contributed by atoms with van der Waals surface area (Å²) in [6, 6.07) is 2.24. The van der Waals surface area contributed by atoms with E-state index in [9.17, 15) is 4.79 Å². The van der Waals surface area contributed by atoms with Gasteiger partial charge in [0, 0.05) is 31.6 Å². The normalized spacial score (nSPS) is 30.9. The highest BCUT2D eigenvalue weighted by Crippen LogP contribution is 2.37. The number of morpholine rings is 1. The van der Waals surface area contributed by atoms with E-state index in [1.807, 2.05) is 0 Å². The highest BCUT2D eigenvalue weighted by molar-refractivity contribution is 5.93. The van der Waals surface area contributed by atoms with Crippen LogP contribution in [0.15, 0.2) is 18.5 Å². The molecule has 6 nitrogen and oxygen atoms in total. The molecule has 2 aliphatic carbocycles. The summed E-state index contributed by atoms with van der Waals surface area (Å²) in [6.07, 6.45) is 8.43. The fraction of sp³-hybridized carbons (Fsp3) is 0.706. The monoisotopic (exact) mass is 316 g/mol. The molecule has 4 rings (SSSR count). The average molecular weight is 316 g/mol. The quantitative estimate of drug-likeness (QED) is 0.881. The lowest BCUT2D eigenvalue weighted by Crippen LogP contribution is -2.51. The van der Waals surface area contributed by atoms with Crippen molar-refractivity contribution in [2.24, 2.45) is 11.8 Å². The van der Waals surface area contributed by atoms with Crippen molar-refractivity contribution in [3.8, 4) is 0 Å². The zero-order valence-electron chi connectivity index (χ0n) is 13.4. The van der Waals surface area contributed by atoms with E-state index in [2.05, 4.69) is 20.4 Å². The lowest BCUT2D eigenvalue weighted by Gasteiger charge is -2.39. The highest BCUT2D eigenvalue weighted by Gasteiger charge is 2.43. The van der Waals surface area contributed by atoms with Crippen molar-refractivity contribution in [3.63, 3.8) is 0 Å². The molecule has 3 aliphatic rings. The minimum absolute atomic E-state index is 0.0750. The fourth-order valence-corrected chi connectivity index (χ4v) is 3.96. The Labute approximate surface area is 136 Å². The molecule has 3 unspecified atom stereocenters. The van der Waals surface area contributed by atoms with Crippen molar-refractivity contribution in [3.05, 3.63) is 24.0 Å². The first-order valence-electron chi connectivity index (χ1n) is 8.72. The maximum atomic E-state index is 12.1. The summed E-state index contributed by atoms with van der Waals surface area (Å²) in [5.74, 6) is 1.27. The van der Waals surface area contributed by atoms with E-state index in [1.54, 1.807) is 12.3 Å². The van der Waals surface area contributed by atoms with Gasteiger partial charge in [0.05, 0.1) is 30.7 Å². The minimum Gasteiger partial charge on any atom is -0.375 e. The van der Waals surface area contributed by atoms with Gasteiger partial charge in [0.25, 0.3) is 5.91 Å². The predicted molar refractivity (Wildman–Crippen MR) is 84.9 cm³/mol. The molecule has 1 N–H and O–H groups in total. The van der Waals surface area contributed by atoms with Crippen LogP contribution in [0.25, 0.3) is 0 Å². The van der Waals surface area contributed by atoms with Crippen molar-refractivity contribution >= 4 is 5.91 Å². The van der Waals surface area contributed by atoms with Crippen LogP contribution in [0.5, 0.6) is 0 Å². The Morgan fingerprint density at radius 3 is 3.00 bits per heavy atom. The number of nitrogens with zero attached hydrogens (tertiary/aromatic N) is 3. The molecule has 23 heavy (non-hydrogen) atoms. The SMILES string of the molecule is O=C(NCC1CCC2C1OCCN2CC1CC1)c1ccnnc1. The van der Waals surface area contributed by atoms with Gasteiger partial charge in [-0.1, -0.05) is 0 Å². The van der Waals surface area contributed by atoms with Crippen molar-refractivity contribution < 1.29 is 9.53 Å². The van der Waals surface area contributed by atoms with E-state index >= 15 is 0 Å². The standard InChI is InChI=1S/C17H24N4O2/c22-17(14-5-6-19-20-10-14)18-9-13-3-4-15-16(13)23-8-7-21(15)11-12-1-2-12/h5-6,10,12-13,15-16H,1-4,7-9,11H2,(H,18,22). The Bertz CT molecular complexity index is 549. The number of rotatable bonds is 5. The summed E-state index contributed by atoms with van der Waals surface area (Å²) in [5.41, 5.74) is 0.564. The Morgan fingerprint density at radius 1 is 1.30 bits per heavy atom. The van der Waals surface area contributed by atoms with Crippen LogP contribution in [-0.2, 0) is 4.74 Å². The van der Waals surface area contributed by atoms with Crippen LogP contribution in [0.3, 0.4) is 0 Å². The molecule has 0 aromatic carbocycles. The topological polar surface area (TPSA) is 67.3 Å². The van der Waals surface area contributed by atoms with Gasteiger partial charge in [-0.25, -0.2) is 0 Å². The number of fused-ring (bicyclic) bond motifs is 1. The summed E-state index contributed by atoms with van der Waals surface area (Å²) in [4.78, 5) is 14.8. The predicted octanol–water partition coefficient (Wildman–Crippen LogP) is 1.10. The number of nitrogens with one attached hydrogen (secondary N) is 1. The third-order valence-corrected chi connectivity index (χ3v) is 5.40.